The first kappa shape index (κ1) is 16.2. The fraction of sp³-hybridized carbons (Fsp3) is 0.316. The molecule has 0 aliphatic heterocycles. The van der Waals surface area contributed by atoms with E-state index in [-0.39, 0.29) is 5.91 Å². The van der Waals surface area contributed by atoms with Crippen LogP contribution in [0.1, 0.15) is 29.2 Å². The third-order valence-electron chi connectivity index (χ3n) is 3.74. The number of rotatable bonds is 6. The molecule has 22 heavy (non-hydrogen) atoms. The number of aryl methyl sites for hydroxylation is 3. The third kappa shape index (κ3) is 4.43. The van der Waals surface area contributed by atoms with Crippen LogP contribution in [0.25, 0.3) is 0 Å². The van der Waals surface area contributed by atoms with Gasteiger partial charge in [0.05, 0.1) is 6.54 Å². The average Bonchev–Trinajstić information content (AvgIpc) is 2.51. The van der Waals surface area contributed by atoms with Gasteiger partial charge in [-0.3, -0.25) is 4.79 Å². The van der Waals surface area contributed by atoms with Gasteiger partial charge in [0.25, 0.3) is 0 Å². The second kappa shape index (κ2) is 7.76. The molecular weight excluding hydrogens is 272 g/mol. The van der Waals surface area contributed by atoms with E-state index >= 15 is 0 Å². The molecule has 0 saturated carbocycles. The highest BCUT2D eigenvalue weighted by Gasteiger charge is 2.08. The number of carbonyl (C=O) groups excluding carboxylic acids is 1. The van der Waals surface area contributed by atoms with Crippen LogP contribution in [-0.4, -0.2) is 12.5 Å². The van der Waals surface area contributed by atoms with E-state index in [0.717, 1.165) is 17.7 Å². The summed E-state index contributed by atoms with van der Waals surface area (Å²) in [5.74, 6) is -0.00360. The van der Waals surface area contributed by atoms with Gasteiger partial charge >= 0.3 is 0 Å². The summed E-state index contributed by atoms with van der Waals surface area (Å²) in [6.45, 7) is 7.19. The van der Waals surface area contributed by atoms with Gasteiger partial charge in [0, 0.05) is 12.2 Å². The fourth-order valence-electron chi connectivity index (χ4n) is 2.41. The van der Waals surface area contributed by atoms with Crippen molar-refractivity contribution in [2.75, 3.05) is 11.9 Å². The molecule has 2 N–H and O–H groups in total. The second-order valence-corrected chi connectivity index (χ2v) is 5.60. The molecule has 3 nitrogen and oxygen atoms in total. The Kier molecular flexibility index (Phi) is 5.73. The maximum absolute atomic E-state index is 12.1. The molecule has 2 aromatic carbocycles. The topological polar surface area (TPSA) is 41.1 Å². The monoisotopic (exact) mass is 296 g/mol. The highest BCUT2D eigenvalue weighted by Crippen LogP contribution is 2.20. The van der Waals surface area contributed by atoms with Gasteiger partial charge in [-0.05, 0) is 37.0 Å². The van der Waals surface area contributed by atoms with E-state index in [1.165, 1.54) is 16.7 Å². The van der Waals surface area contributed by atoms with Gasteiger partial charge in [0.2, 0.25) is 5.91 Å². The van der Waals surface area contributed by atoms with Gasteiger partial charge < -0.3 is 10.6 Å². The molecule has 0 bridgehead atoms. The maximum Gasteiger partial charge on any atom is 0.238 e. The zero-order chi connectivity index (χ0) is 15.9. The van der Waals surface area contributed by atoms with Crippen molar-refractivity contribution in [1.82, 2.24) is 5.32 Å². The van der Waals surface area contributed by atoms with Gasteiger partial charge in [-0.1, -0.05) is 55.0 Å². The molecule has 0 fully saturated rings. The number of amides is 1. The summed E-state index contributed by atoms with van der Waals surface area (Å²) < 4.78 is 0. The van der Waals surface area contributed by atoms with Crippen LogP contribution in [0.3, 0.4) is 0 Å². The third-order valence-corrected chi connectivity index (χ3v) is 3.74. The van der Waals surface area contributed by atoms with Gasteiger partial charge in [0.15, 0.2) is 0 Å². The van der Waals surface area contributed by atoms with Crippen molar-refractivity contribution in [3.8, 4) is 0 Å². The minimum absolute atomic E-state index is 0.00360. The molecule has 2 rings (SSSR count). The number of hydrogen-bond donors (Lipinski definition) is 2. The van der Waals surface area contributed by atoms with Gasteiger partial charge in [-0.25, -0.2) is 0 Å². The van der Waals surface area contributed by atoms with Gasteiger partial charge in [0.1, 0.15) is 0 Å². The number of nitrogens with one attached hydrogen (secondary N) is 2. The Hall–Kier alpha value is -2.13. The molecule has 3 heteroatoms. The average molecular weight is 296 g/mol. The zero-order valence-corrected chi connectivity index (χ0v) is 13.6. The molecule has 1 amide bonds. The molecule has 0 atom stereocenters. The summed E-state index contributed by atoms with van der Waals surface area (Å²) in [5, 5.41) is 6.21. The van der Waals surface area contributed by atoms with E-state index in [9.17, 15) is 4.79 Å². The Balaban J connectivity index is 1.87. The summed E-state index contributed by atoms with van der Waals surface area (Å²) >= 11 is 0. The van der Waals surface area contributed by atoms with Crippen LogP contribution in [-0.2, 0) is 17.8 Å². The predicted molar refractivity (Wildman–Crippen MR) is 92.1 cm³/mol. The van der Waals surface area contributed by atoms with E-state index in [1.54, 1.807) is 0 Å². The van der Waals surface area contributed by atoms with Crippen LogP contribution in [0.15, 0.2) is 42.5 Å². The smallest absolute Gasteiger partial charge is 0.238 e. The van der Waals surface area contributed by atoms with E-state index in [2.05, 4.69) is 54.8 Å². The van der Waals surface area contributed by atoms with Crippen LogP contribution < -0.4 is 10.6 Å². The summed E-state index contributed by atoms with van der Waals surface area (Å²) in [4.78, 5) is 12.1. The van der Waals surface area contributed by atoms with Crippen LogP contribution >= 0.6 is 0 Å². The lowest BCUT2D eigenvalue weighted by molar-refractivity contribution is -0.115. The minimum atomic E-state index is -0.00360. The summed E-state index contributed by atoms with van der Waals surface area (Å²) in [6, 6.07) is 14.4. The first-order valence-electron chi connectivity index (χ1n) is 7.74. The Bertz CT molecular complexity index is 632. The number of hydrogen-bond acceptors (Lipinski definition) is 2. The molecule has 2 aromatic rings. The highest BCUT2D eigenvalue weighted by atomic mass is 16.1. The van der Waals surface area contributed by atoms with Crippen molar-refractivity contribution in [1.29, 1.82) is 0 Å². The van der Waals surface area contributed by atoms with Crippen molar-refractivity contribution < 1.29 is 4.79 Å². The Morgan fingerprint density at radius 2 is 1.77 bits per heavy atom. The number of para-hydroxylation sites is 1. The van der Waals surface area contributed by atoms with Crippen molar-refractivity contribution in [3.63, 3.8) is 0 Å². The lowest BCUT2D eigenvalue weighted by atomic mass is 10.1. The molecular formula is C19H24N2O. The maximum atomic E-state index is 12.1. The molecule has 0 spiro atoms. The van der Waals surface area contributed by atoms with Crippen molar-refractivity contribution in [3.05, 3.63) is 64.7 Å². The molecule has 0 heterocycles. The van der Waals surface area contributed by atoms with Crippen LogP contribution in [0.2, 0.25) is 0 Å². The molecule has 116 valence electrons. The Morgan fingerprint density at radius 1 is 1.05 bits per heavy atom. The molecule has 0 aliphatic rings. The molecule has 0 aromatic heterocycles. The summed E-state index contributed by atoms with van der Waals surface area (Å²) in [7, 11) is 0. The molecule has 0 unspecified atom stereocenters. The van der Waals surface area contributed by atoms with Crippen LogP contribution in [0.4, 0.5) is 5.69 Å². The number of anilines is 1. The predicted octanol–water partition coefficient (Wildman–Crippen LogP) is 3.59. The SMILES string of the molecule is CCc1cccc(C)c1NC(=O)CNCc1ccc(C)cc1. The van der Waals surface area contributed by atoms with Gasteiger partial charge in [-0.15, -0.1) is 0 Å². The fourth-order valence-corrected chi connectivity index (χ4v) is 2.41. The molecule has 0 aliphatic carbocycles. The van der Waals surface area contributed by atoms with Crippen molar-refractivity contribution in [2.24, 2.45) is 0 Å². The number of benzene rings is 2. The summed E-state index contributed by atoms with van der Waals surface area (Å²) in [5.41, 5.74) is 5.65. The molecule has 0 radical (unpaired) electrons. The lowest BCUT2D eigenvalue weighted by Crippen LogP contribution is -2.28. The zero-order valence-electron chi connectivity index (χ0n) is 13.6. The quantitative estimate of drug-likeness (QED) is 0.855. The highest BCUT2D eigenvalue weighted by molar-refractivity contribution is 5.93. The van der Waals surface area contributed by atoms with E-state index < -0.39 is 0 Å². The first-order valence-corrected chi connectivity index (χ1v) is 7.74. The standard InChI is InChI=1S/C19H24N2O/c1-4-17-7-5-6-15(3)19(17)21-18(22)13-20-12-16-10-8-14(2)9-11-16/h5-11,20H,4,12-13H2,1-3H3,(H,21,22). The van der Waals surface area contributed by atoms with E-state index in [1.807, 2.05) is 19.1 Å². The summed E-state index contributed by atoms with van der Waals surface area (Å²) in [6.07, 6.45) is 0.911. The largest absolute Gasteiger partial charge is 0.324 e. The Labute approximate surface area is 132 Å². The van der Waals surface area contributed by atoms with E-state index in [4.69, 9.17) is 0 Å². The second-order valence-electron chi connectivity index (χ2n) is 5.60. The van der Waals surface area contributed by atoms with Crippen LogP contribution in [0.5, 0.6) is 0 Å². The first-order chi connectivity index (χ1) is 10.6. The van der Waals surface area contributed by atoms with Gasteiger partial charge in [-0.2, -0.15) is 0 Å². The minimum Gasteiger partial charge on any atom is -0.324 e. The molecule has 0 saturated heterocycles. The lowest BCUT2D eigenvalue weighted by Gasteiger charge is -2.13. The van der Waals surface area contributed by atoms with Crippen molar-refractivity contribution in [2.45, 2.75) is 33.7 Å². The normalized spacial score (nSPS) is 10.5. The van der Waals surface area contributed by atoms with Crippen LogP contribution in [0, 0.1) is 13.8 Å². The van der Waals surface area contributed by atoms with E-state index in [0.29, 0.717) is 13.1 Å². The van der Waals surface area contributed by atoms with Crippen molar-refractivity contribution >= 4 is 11.6 Å². The number of carbonyl (C=O) groups is 1. The Morgan fingerprint density at radius 3 is 2.45 bits per heavy atom.